The van der Waals surface area contributed by atoms with Gasteiger partial charge in [-0.15, -0.1) is 0 Å². The third kappa shape index (κ3) is 1.40. The largest absolute Gasteiger partial charge is 0.344 e. The van der Waals surface area contributed by atoms with Crippen molar-refractivity contribution in [2.45, 2.75) is 24.4 Å². The van der Waals surface area contributed by atoms with Gasteiger partial charge in [-0.3, -0.25) is 0 Å². The molecule has 4 nitrogen and oxygen atoms in total. The summed E-state index contributed by atoms with van der Waals surface area (Å²) in [6.07, 6.45) is 10.4. The first-order valence-corrected chi connectivity index (χ1v) is 6.76. The Morgan fingerprint density at radius 1 is 0.667 bits per heavy atom. The normalized spacial score (nSPS) is 39.6. The number of fused-ring (bicyclic) bond motifs is 3. The van der Waals surface area contributed by atoms with Gasteiger partial charge in [0, 0.05) is 11.8 Å². The average molecular weight is 250 g/mol. The molecule has 18 heavy (non-hydrogen) atoms. The van der Waals surface area contributed by atoms with E-state index in [9.17, 15) is 0 Å². The summed E-state index contributed by atoms with van der Waals surface area (Å²) < 4.78 is 23.6. The second kappa shape index (κ2) is 3.90. The molecular formula is C14H18O4. The number of ether oxygens (including phenoxy) is 4. The number of allylic oxidation sites excluding steroid dienone is 2. The van der Waals surface area contributed by atoms with Crippen molar-refractivity contribution in [3.8, 4) is 0 Å². The van der Waals surface area contributed by atoms with Gasteiger partial charge in [-0.1, -0.05) is 12.2 Å². The minimum Gasteiger partial charge on any atom is -0.344 e. The van der Waals surface area contributed by atoms with Crippen molar-refractivity contribution >= 4 is 0 Å². The maximum absolute atomic E-state index is 5.90. The zero-order valence-corrected chi connectivity index (χ0v) is 10.3. The molecule has 0 saturated carbocycles. The maximum Gasteiger partial charge on any atom is 0.191 e. The molecule has 98 valence electrons. The highest BCUT2D eigenvalue weighted by Crippen LogP contribution is 2.51. The van der Waals surface area contributed by atoms with Crippen molar-refractivity contribution in [1.29, 1.82) is 0 Å². The molecule has 2 aliphatic heterocycles. The molecule has 4 rings (SSSR count). The molecular weight excluding hydrogens is 232 g/mol. The molecule has 2 aliphatic carbocycles. The molecule has 0 radical (unpaired) electrons. The van der Waals surface area contributed by atoms with Gasteiger partial charge in [-0.25, -0.2) is 0 Å². The van der Waals surface area contributed by atoms with E-state index in [4.69, 9.17) is 18.9 Å². The van der Waals surface area contributed by atoms with Crippen LogP contribution in [0.5, 0.6) is 0 Å². The van der Waals surface area contributed by atoms with Crippen LogP contribution in [-0.4, -0.2) is 38.0 Å². The van der Waals surface area contributed by atoms with E-state index in [-0.39, 0.29) is 11.8 Å². The van der Waals surface area contributed by atoms with E-state index in [1.165, 1.54) is 0 Å². The van der Waals surface area contributed by atoms with Crippen LogP contribution >= 0.6 is 0 Å². The highest BCUT2D eigenvalue weighted by molar-refractivity contribution is 5.19. The average Bonchev–Trinajstić information content (AvgIpc) is 3.03. The standard InChI is InChI=1S/C14H18O4/c1-3-11-12(13(5-1)15-7-8-16-13)4-2-6-14(11)17-9-10-18-14/h1-2,5-6,11-12H,3-4,7-10H2/t11-,12+. The van der Waals surface area contributed by atoms with Gasteiger partial charge in [0.2, 0.25) is 0 Å². The van der Waals surface area contributed by atoms with Crippen LogP contribution in [0.25, 0.3) is 0 Å². The summed E-state index contributed by atoms with van der Waals surface area (Å²) >= 11 is 0. The Balaban J connectivity index is 1.72. The lowest BCUT2D eigenvalue weighted by molar-refractivity contribution is -0.236. The van der Waals surface area contributed by atoms with E-state index in [0.717, 1.165) is 12.8 Å². The molecule has 2 spiro atoms. The Hall–Kier alpha value is -0.680. The maximum atomic E-state index is 5.90. The molecule has 2 heterocycles. The molecule has 0 aromatic carbocycles. The number of hydrogen-bond acceptors (Lipinski definition) is 4. The van der Waals surface area contributed by atoms with Crippen molar-refractivity contribution in [2.24, 2.45) is 11.8 Å². The Morgan fingerprint density at radius 3 is 1.44 bits per heavy atom. The summed E-state index contributed by atoms with van der Waals surface area (Å²) in [7, 11) is 0. The van der Waals surface area contributed by atoms with E-state index in [0.29, 0.717) is 26.4 Å². The first-order valence-electron chi connectivity index (χ1n) is 6.76. The van der Waals surface area contributed by atoms with Crippen molar-refractivity contribution < 1.29 is 18.9 Å². The van der Waals surface area contributed by atoms with Gasteiger partial charge >= 0.3 is 0 Å². The van der Waals surface area contributed by atoms with Crippen LogP contribution in [0.3, 0.4) is 0 Å². The Bertz CT molecular complexity index is 351. The van der Waals surface area contributed by atoms with Crippen LogP contribution in [0.4, 0.5) is 0 Å². The first kappa shape index (κ1) is 11.2. The lowest BCUT2D eigenvalue weighted by Crippen LogP contribution is -2.53. The molecule has 2 atom stereocenters. The summed E-state index contributed by atoms with van der Waals surface area (Å²) in [4.78, 5) is 0. The van der Waals surface area contributed by atoms with E-state index in [1.807, 2.05) is 0 Å². The summed E-state index contributed by atoms with van der Waals surface area (Å²) in [5.74, 6) is -0.521. The van der Waals surface area contributed by atoms with Crippen LogP contribution < -0.4 is 0 Å². The highest BCUT2D eigenvalue weighted by atomic mass is 16.7. The van der Waals surface area contributed by atoms with Crippen LogP contribution in [0.1, 0.15) is 12.8 Å². The predicted octanol–water partition coefficient (Wildman–Crippen LogP) is 1.62. The van der Waals surface area contributed by atoms with Crippen molar-refractivity contribution in [3.05, 3.63) is 24.3 Å². The van der Waals surface area contributed by atoms with E-state index in [2.05, 4.69) is 24.3 Å². The summed E-state index contributed by atoms with van der Waals surface area (Å²) in [5, 5.41) is 0. The molecule has 2 fully saturated rings. The van der Waals surface area contributed by atoms with Crippen LogP contribution in [0, 0.1) is 11.8 Å². The molecule has 0 unspecified atom stereocenters. The Labute approximate surface area is 107 Å². The summed E-state index contributed by atoms with van der Waals surface area (Å²) in [5.41, 5.74) is 0. The second-order valence-electron chi connectivity index (χ2n) is 5.33. The highest BCUT2D eigenvalue weighted by Gasteiger charge is 2.57. The van der Waals surface area contributed by atoms with Crippen LogP contribution in [0.2, 0.25) is 0 Å². The fourth-order valence-electron chi connectivity index (χ4n) is 3.73. The zero-order valence-electron chi connectivity index (χ0n) is 10.3. The van der Waals surface area contributed by atoms with E-state index in [1.54, 1.807) is 0 Å². The summed E-state index contributed by atoms with van der Waals surface area (Å²) in [6.45, 7) is 2.69. The Morgan fingerprint density at radius 2 is 1.06 bits per heavy atom. The molecule has 0 N–H and O–H groups in total. The molecule has 0 bridgehead atoms. The van der Waals surface area contributed by atoms with Crippen molar-refractivity contribution in [2.75, 3.05) is 26.4 Å². The number of hydrogen-bond donors (Lipinski definition) is 0. The molecule has 0 aromatic rings. The fourth-order valence-corrected chi connectivity index (χ4v) is 3.73. The topological polar surface area (TPSA) is 36.9 Å². The van der Waals surface area contributed by atoms with Gasteiger partial charge in [-0.2, -0.15) is 0 Å². The third-order valence-electron chi connectivity index (χ3n) is 4.48. The molecule has 4 heteroatoms. The van der Waals surface area contributed by atoms with Crippen LogP contribution in [0.15, 0.2) is 24.3 Å². The SMILES string of the molecule is C1=CC2(OCCO2)[C@H]2CC=CC3(OCCO3)[C@@H]2C1. The van der Waals surface area contributed by atoms with Gasteiger partial charge in [0.1, 0.15) is 0 Å². The molecule has 2 saturated heterocycles. The third-order valence-corrected chi connectivity index (χ3v) is 4.48. The first-order chi connectivity index (χ1) is 8.85. The minimum absolute atomic E-state index is 0.285. The second-order valence-corrected chi connectivity index (χ2v) is 5.33. The van der Waals surface area contributed by atoms with Gasteiger partial charge in [0.15, 0.2) is 11.6 Å². The van der Waals surface area contributed by atoms with Gasteiger partial charge in [-0.05, 0) is 25.0 Å². The zero-order chi connectivity index (χ0) is 12.1. The lowest BCUT2D eigenvalue weighted by Gasteiger charge is -2.48. The molecule has 0 amide bonds. The molecule has 0 aromatic heterocycles. The lowest BCUT2D eigenvalue weighted by atomic mass is 9.69. The molecule has 4 aliphatic rings. The smallest absolute Gasteiger partial charge is 0.191 e. The van der Waals surface area contributed by atoms with E-state index < -0.39 is 11.6 Å². The van der Waals surface area contributed by atoms with Gasteiger partial charge in [0.25, 0.3) is 0 Å². The fraction of sp³-hybridized carbons (Fsp3) is 0.714. The van der Waals surface area contributed by atoms with Crippen LogP contribution in [-0.2, 0) is 18.9 Å². The monoisotopic (exact) mass is 250 g/mol. The summed E-state index contributed by atoms with van der Waals surface area (Å²) in [6, 6.07) is 0. The minimum atomic E-state index is -0.546. The predicted molar refractivity (Wildman–Crippen MR) is 63.8 cm³/mol. The van der Waals surface area contributed by atoms with Gasteiger partial charge in [0.05, 0.1) is 26.4 Å². The quantitative estimate of drug-likeness (QED) is 0.612. The number of rotatable bonds is 0. The Kier molecular flexibility index (Phi) is 2.42. The van der Waals surface area contributed by atoms with Gasteiger partial charge < -0.3 is 18.9 Å². The van der Waals surface area contributed by atoms with E-state index >= 15 is 0 Å². The van der Waals surface area contributed by atoms with Crippen molar-refractivity contribution in [3.63, 3.8) is 0 Å². The van der Waals surface area contributed by atoms with Crippen molar-refractivity contribution in [1.82, 2.24) is 0 Å².